The SMILES string of the molecule is CCN(C)c1nc(-c2cccc(C)c2)ncc1C(=O)N(C)Cc1ccccc1. The summed E-state index contributed by atoms with van der Waals surface area (Å²) in [6.45, 7) is 5.36. The molecule has 0 aliphatic carbocycles. The molecular formula is C23H26N4O. The number of anilines is 1. The summed E-state index contributed by atoms with van der Waals surface area (Å²) in [6.07, 6.45) is 1.65. The molecule has 5 nitrogen and oxygen atoms in total. The Morgan fingerprint density at radius 3 is 2.46 bits per heavy atom. The maximum absolute atomic E-state index is 13.1. The monoisotopic (exact) mass is 374 g/mol. The summed E-state index contributed by atoms with van der Waals surface area (Å²) in [4.78, 5) is 26.0. The van der Waals surface area contributed by atoms with Gasteiger partial charge in [-0.05, 0) is 25.5 Å². The van der Waals surface area contributed by atoms with Gasteiger partial charge in [0, 0.05) is 38.9 Å². The van der Waals surface area contributed by atoms with Gasteiger partial charge in [-0.1, -0.05) is 54.1 Å². The van der Waals surface area contributed by atoms with Crippen molar-refractivity contribution in [3.8, 4) is 11.4 Å². The topological polar surface area (TPSA) is 49.3 Å². The number of aromatic nitrogens is 2. The number of carbonyl (C=O) groups is 1. The fourth-order valence-corrected chi connectivity index (χ4v) is 3.02. The molecule has 0 aliphatic rings. The van der Waals surface area contributed by atoms with Gasteiger partial charge in [-0.15, -0.1) is 0 Å². The van der Waals surface area contributed by atoms with Crippen molar-refractivity contribution in [3.63, 3.8) is 0 Å². The van der Waals surface area contributed by atoms with Gasteiger partial charge in [0.05, 0.1) is 0 Å². The molecule has 0 spiro atoms. The molecule has 0 bridgehead atoms. The van der Waals surface area contributed by atoms with Crippen LogP contribution in [-0.2, 0) is 6.54 Å². The van der Waals surface area contributed by atoms with Gasteiger partial charge in [-0.3, -0.25) is 4.79 Å². The van der Waals surface area contributed by atoms with Crippen LogP contribution in [0.5, 0.6) is 0 Å². The molecule has 0 fully saturated rings. The molecule has 3 aromatic rings. The van der Waals surface area contributed by atoms with Crippen LogP contribution in [-0.4, -0.2) is 41.4 Å². The Bertz CT molecular complexity index is 956. The summed E-state index contributed by atoms with van der Waals surface area (Å²) < 4.78 is 0. The van der Waals surface area contributed by atoms with Crippen LogP contribution in [0.15, 0.2) is 60.8 Å². The van der Waals surface area contributed by atoms with Crippen molar-refractivity contribution in [2.24, 2.45) is 0 Å². The Labute approximate surface area is 166 Å². The van der Waals surface area contributed by atoms with Gasteiger partial charge >= 0.3 is 0 Å². The van der Waals surface area contributed by atoms with Gasteiger partial charge in [0.15, 0.2) is 5.82 Å². The van der Waals surface area contributed by atoms with Crippen molar-refractivity contribution < 1.29 is 4.79 Å². The van der Waals surface area contributed by atoms with Gasteiger partial charge in [0.25, 0.3) is 5.91 Å². The standard InChI is InChI=1S/C23H26N4O/c1-5-26(3)22-20(23(28)27(4)16-18-11-7-6-8-12-18)15-24-21(25-22)19-13-9-10-17(2)14-19/h6-15H,5,16H2,1-4H3. The van der Waals surface area contributed by atoms with E-state index in [2.05, 4.69) is 4.98 Å². The second kappa shape index (κ2) is 8.65. The maximum Gasteiger partial charge on any atom is 0.259 e. The zero-order valence-corrected chi connectivity index (χ0v) is 16.9. The average molecular weight is 374 g/mol. The lowest BCUT2D eigenvalue weighted by molar-refractivity contribution is 0.0785. The molecule has 0 atom stereocenters. The highest BCUT2D eigenvalue weighted by Gasteiger charge is 2.21. The summed E-state index contributed by atoms with van der Waals surface area (Å²) in [7, 11) is 3.75. The van der Waals surface area contributed by atoms with Crippen molar-refractivity contribution in [2.45, 2.75) is 20.4 Å². The van der Waals surface area contributed by atoms with Gasteiger partial charge in [-0.2, -0.15) is 0 Å². The van der Waals surface area contributed by atoms with Gasteiger partial charge in [0.1, 0.15) is 11.4 Å². The van der Waals surface area contributed by atoms with E-state index in [4.69, 9.17) is 4.98 Å². The van der Waals surface area contributed by atoms with E-state index in [1.165, 1.54) is 0 Å². The molecule has 1 heterocycles. The fraction of sp³-hybridized carbons (Fsp3) is 0.261. The van der Waals surface area contributed by atoms with E-state index in [0.717, 1.165) is 23.2 Å². The zero-order chi connectivity index (χ0) is 20.1. The molecule has 28 heavy (non-hydrogen) atoms. The van der Waals surface area contributed by atoms with E-state index in [1.807, 2.05) is 80.4 Å². The molecule has 1 aromatic heterocycles. The minimum Gasteiger partial charge on any atom is -0.359 e. The Morgan fingerprint density at radius 2 is 1.79 bits per heavy atom. The molecule has 2 aromatic carbocycles. The lowest BCUT2D eigenvalue weighted by Gasteiger charge is -2.23. The lowest BCUT2D eigenvalue weighted by atomic mass is 10.1. The molecule has 144 valence electrons. The summed E-state index contributed by atoms with van der Waals surface area (Å²) in [5.74, 6) is 1.19. The molecule has 0 aliphatic heterocycles. The lowest BCUT2D eigenvalue weighted by Crippen LogP contribution is -2.29. The van der Waals surface area contributed by atoms with Crippen LogP contribution in [0.2, 0.25) is 0 Å². The normalized spacial score (nSPS) is 10.6. The van der Waals surface area contributed by atoms with Crippen molar-refractivity contribution in [3.05, 3.63) is 77.5 Å². The van der Waals surface area contributed by atoms with Crippen LogP contribution in [0.1, 0.15) is 28.4 Å². The Balaban J connectivity index is 1.94. The zero-order valence-electron chi connectivity index (χ0n) is 16.9. The summed E-state index contributed by atoms with van der Waals surface area (Å²) >= 11 is 0. The number of benzene rings is 2. The Kier molecular flexibility index (Phi) is 6.04. The largest absolute Gasteiger partial charge is 0.359 e. The van der Waals surface area contributed by atoms with Crippen molar-refractivity contribution >= 4 is 11.7 Å². The second-order valence-electron chi connectivity index (χ2n) is 6.96. The summed E-state index contributed by atoms with van der Waals surface area (Å²) in [5.41, 5.74) is 3.69. The third-order valence-corrected chi connectivity index (χ3v) is 4.72. The molecule has 0 saturated heterocycles. The number of hydrogen-bond acceptors (Lipinski definition) is 4. The minimum atomic E-state index is -0.0880. The molecule has 3 rings (SSSR count). The average Bonchev–Trinajstić information content (AvgIpc) is 2.73. The first-order chi connectivity index (χ1) is 13.5. The third kappa shape index (κ3) is 4.36. The van der Waals surface area contributed by atoms with E-state index < -0.39 is 0 Å². The predicted molar refractivity (Wildman–Crippen MR) is 113 cm³/mol. The summed E-state index contributed by atoms with van der Waals surface area (Å²) in [6, 6.07) is 18.0. The fourth-order valence-electron chi connectivity index (χ4n) is 3.02. The molecule has 1 amide bonds. The first-order valence-electron chi connectivity index (χ1n) is 9.44. The van der Waals surface area contributed by atoms with Crippen LogP contribution < -0.4 is 4.90 Å². The van der Waals surface area contributed by atoms with E-state index in [1.54, 1.807) is 18.1 Å². The summed E-state index contributed by atoms with van der Waals surface area (Å²) in [5, 5.41) is 0. The van der Waals surface area contributed by atoms with Crippen LogP contribution in [0.4, 0.5) is 5.82 Å². The smallest absolute Gasteiger partial charge is 0.259 e. The minimum absolute atomic E-state index is 0.0880. The van der Waals surface area contributed by atoms with Crippen molar-refractivity contribution in [1.29, 1.82) is 0 Å². The molecule has 5 heteroatoms. The van der Waals surface area contributed by atoms with Gasteiger partial charge in [-0.25, -0.2) is 9.97 Å². The quantitative estimate of drug-likeness (QED) is 0.649. The molecular weight excluding hydrogens is 348 g/mol. The van der Waals surface area contributed by atoms with Gasteiger partial charge in [0.2, 0.25) is 0 Å². The maximum atomic E-state index is 13.1. The molecule has 0 unspecified atom stereocenters. The highest BCUT2D eigenvalue weighted by Crippen LogP contribution is 2.23. The van der Waals surface area contributed by atoms with E-state index >= 15 is 0 Å². The van der Waals surface area contributed by atoms with E-state index in [9.17, 15) is 4.79 Å². The highest BCUT2D eigenvalue weighted by molar-refractivity contribution is 5.98. The number of nitrogens with zero attached hydrogens (tertiary/aromatic N) is 4. The number of rotatable bonds is 6. The van der Waals surface area contributed by atoms with E-state index in [-0.39, 0.29) is 5.91 Å². The Hall–Kier alpha value is -3.21. The number of aryl methyl sites for hydroxylation is 1. The van der Waals surface area contributed by atoms with Crippen LogP contribution in [0.25, 0.3) is 11.4 Å². The van der Waals surface area contributed by atoms with Gasteiger partial charge < -0.3 is 9.80 Å². The van der Waals surface area contributed by atoms with Crippen LogP contribution in [0, 0.1) is 6.92 Å². The number of carbonyl (C=O) groups excluding carboxylic acids is 1. The Morgan fingerprint density at radius 1 is 1.04 bits per heavy atom. The first-order valence-corrected chi connectivity index (χ1v) is 9.44. The molecule has 0 saturated carbocycles. The van der Waals surface area contributed by atoms with E-state index in [0.29, 0.717) is 23.8 Å². The molecule has 0 radical (unpaired) electrons. The predicted octanol–water partition coefficient (Wildman–Crippen LogP) is 4.18. The number of hydrogen-bond donors (Lipinski definition) is 0. The van der Waals surface area contributed by atoms with Crippen LogP contribution >= 0.6 is 0 Å². The second-order valence-corrected chi connectivity index (χ2v) is 6.96. The highest BCUT2D eigenvalue weighted by atomic mass is 16.2. The molecule has 0 N–H and O–H groups in total. The first kappa shape index (κ1) is 19.5. The number of amides is 1. The van der Waals surface area contributed by atoms with Crippen molar-refractivity contribution in [2.75, 3.05) is 25.5 Å². The third-order valence-electron chi connectivity index (χ3n) is 4.72. The van der Waals surface area contributed by atoms with Crippen LogP contribution in [0.3, 0.4) is 0 Å². The van der Waals surface area contributed by atoms with Crippen molar-refractivity contribution in [1.82, 2.24) is 14.9 Å².